The van der Waals surface area contributed by atoms with Crippen LogP contribution < -0.4 is 0 Å². The van der Waals surface area contributed by atoms with Crippen LogP contribution in [0.25, 0.3) is 0 Å². The van der Waals surface area contributed by atoms with Crippen molar-refractivity contribution in [3.63, 3.8) is 0 Å². The number of aryl methyl sites for hydroxylation is 1. The summed E-state index contributed by atoms with van der Waals surface area (Å²) in [6, 6.07) is 0. The zero-order valence-electron chi connectivity index (χ0n) is 13.9. The second-order valence-electron chi connectivity index (χ2n) is 6.18. The fraction of sp³-hybridized carbons (Fsp3) is 0.733. The van der Waals surface area contributed by atoms with E-state index in [1.807, 2.05) is 6.92 Å². The molecule has 9 heteroatoms. The quantitative estimate of drug-likeness (QED) is 0.758. The minimum Gasteiger partial charge on any atom is -0.368 e. The zero-order chi connectivity index (χ0) is 17.2. The molecular formula is C15H24N4O4S. The number of hydrogen-bond donors (Lipinski definition) is 0. The molecule has 3 heterocycles. The number of aromatic nitrogens is 2. The van der Waals surface area contributed by atoms with Crippen LogP contribution in [0.15, 0.2) is 17.6 Å². The van der Waals surface area contributed by atoms with Crippen molar-refractivity contribution in [2.45, 2.75) is 43.9 Å². The van der Waals surface area contributed by atoms with Crippen molar-refractivity contribution in [3.8, 4) is 0 Å². The van der Waals surface area contributed by atoms with Gasteiger partial charge in [-0.1, -0.05) is 6.92 Å². The van der Waals surface area contributed by atoms with Crippen LogP contribution in [0.4, 0.5) is 0 Å². The highest BCUT2D eigenvalue weighted by molar-refractivity contribution is 7.89. The molecule has 2 saturated heterocycles. The van der Waals surface area contributed by atoms with Gasteiger partial charge in [0.15, 0.2) is 5.03 Å². The monoisotopic (exact) mass is 356 g/mol. The highest BCUT2D eigenvalue weighted by Crippen LogP contribution is 2.19. The summed E-state index contributed by atoms with van der Waals surface area (Å²) in [5.74, 6) is -0.0169. The molecule has 8 nitrogen and oxygen atoms in total. The average molecular weight is 356 g/mol. The minimum absolute atomic E-state index is 0.0169. The summed E-state index contributed by atoms with van der Waals surface area (Å²) in [6.45, 7) is 4.78. The van der Waals surface area contributed by atoms with Gasteiger partial charge in [-0.25, -0.2) is 13.4 Å². The normalized spacial score (nSPS) is 22.9. The summed E-state index contributed by atoms with van der Waals surface area (Å²) in [7, 11) is -3.60. The molecule has 134 valence electrons. The topological polar surface area (TPSA) is 84.7 Å². The molecule has 2 fully saturated rings. The highest BCUT2D eigenvalue weighted by atomic mass is 32.2. The molecule has 0 spiro atoms. The summed E-state index contributed by atoms with van der Waals surface area (Å²) in [6.07, 6.45) is 5.35. The van der Waals surface area contributed by atoms with Crippen molar-refractivity contribution in [3.05, 3.63) is 12.5 Å². The van der Waals surface area contributed by atoms with Gasteiger partial charge in [-0.15, -0.1) is 0 Å². The van der Waals surface area contributed by atoms with Crippen molar-refractivity contribution < 1.29 is 17.9 Å². The lowest BCUT2D eigenvalue weighted by atomic mass is 10.2. The Morgan fingerprint density at radius 2 is 2.08 bits per heavy atom. The Morgan fingerprint density at radius 1 is 1.33 bits per heavy atom. The van der Waals surface area contributed by atoms with E-state index >= 15 is 0 Å². The first-order chi connectivity index (χ1) is 11.5. The number of sulfonamides is 1. The number of hydrogen-bond acceptors (Lipinski definition) is 5. The Balaban J connectivity index is 1.61. The smallest absolute Gasteiger partial charge is 0.262 e. The molecule has 0 bridgehead atoms. The first-order valence-electron chi connectivity index (χ1n) is 8.44. The number of ether oxygens (including phenoxy) is 1. The first kappa shape index (κ1) is 17.4. The molecule has 0 aromatic carbocycles. The van der Waals surface area contributed by atoms with E-state index in [2.05, 4.69) is 4.98 Å². The summed E-state index contributed by atoms with van der Waals surface area (Å²) in [5.41, 5.74) is 0. The van der Waals surface area contributed by atoms with Crippen molar-refractivity contribution in [1.82, 2.24) is 18.8 Å². The van der Waals surface area contributed by atoms with E-state index in [0.29, 0.717) is 32.8 Å². The Kier molecular flexibility index (Phi) is 5.21. The van der Waals surface area contributed by atoms with Gasteiger partial charge < -0.3 is 14.2 Å². The SMILES string of the molecule is CCCn1cnc(S(=O)(=O)N2CCN(C(=O)[C@H]3CCCO3)CC2)c1. The van der Waals surface area contributed by atoms with Gasteiger partial charge in [0, 0.05) is 45.5 Å². The van der Waals surface area contributed by atoms with Gasteiger partial charge in [0.25, 0.3) is 15.9 Å². The lowest BCUT2D eigenvalue weighted by Gasteiger charge is -2.34. The Hall–Kier alpha value is -1.45. The summed E-state index contributed by atoms with van der Waals surface area (Å²) in [4.78, 5) is 18.1. The summed E-state index contributed by atoms with van der Waals surface area (Å²) < 4.78 is 33.9. The molecule has 0 aliphatic carbocycles. The maximum atomic E-state index is 12.7. The van der Waals surface area contributed by atoms with E-state index in [4.69, 9.17) is 4.74 Å². The first-order valence-corrected chi connectivity index (χ1v) is 9.88. The van der Waals surface area contributed by atoms with Gasteiger partial charge >= 0.3 is 0 Å². The van der Waals surface area contributed by atoms with Gasteiger partial charge in [-0.3, -0.25) is 4.79 Å². The maximum Gasteiger partial charge on any atom is 0.262 e. The van der Waals surface area contributed by atoms with Crippen molar-refractivity contribution >= 4 is 15.9 Å². The molecule has 2 aliphatic heterocycles. The fourth-order valence-electron chi connectivity index (χ4n) is 3.11. The van der Waals surface area contributed by atoms with Crippen LogP contribution in [-0.4, -0.2) is 72.0 Å². The predicted molar refractivity (Wildman–Crippen MR) is 86.8 cm³/mol. The molecular weight excluding hydrogens is 332 g/mol. The fourth-order valence-corrected chi connectivity index (χ4v) is 4.47. The van der Waals surface area contributed by atoms with E-state index in [1.54, 1.807) is 22.0 Å². The van der Waals surface area contributed by atoms with Gasteiger partial charge in [-0.2, -0.15) is 4.31 Å². The number of piperazine rings is 1. The Morgan fingerprint density at radius 3 is 2.71 bits per heavy atom. The number of amides is 1. The average Bonchev–Trinajstić information content (AvgIpc) is 3.26. The van der Waals surface area contributed by atoms with Gasteiger partial charge in [-0.05, 0) is 19.3 Å². The van der Waals surface area contributed by atoms with Crippen LogP contribution in [0.5, 0.6) is 0 Å². The third-order valence-electron chi connectivity index (χ3n) is 4.45. The number of carbonyl (C=O) groups excluding carboxylic acids is 1. The van der Waals surface area contributed by atoms with Crippen LogP contribution in [0.1, 0.15) is 26.2 Å². The van der Waals surface area contributed by atoms with Crippen LogP contribution in [-0.2, 0) is 26.1 Å². The van der Waals surface area contributed by atoms with Crippen LogP contribution in [0, 0.1) is 0 Å². The number of rotatable bonds is 5. The third kappa shape index (κ3) is 3.47. The predicted octanol–water partition coefficient (Wildman–Crippen LogP) is 0.305. The molecule has 2 aliphatic rings. The second-order valence-corrected chi connectivity index (χ2v) is 8.07. The largest absolute Gasteiger partial charge is 0.368 e. The van der Waals surface area contributed by atoms with Crippen LogP contribution >= 0.6 is 0 Å². The molecule has 1 atom stereocenters. The lowest BCUT2D eigenvalue weighted by molar-refractivity contribution is -0.142. The molecule has 0 N–H and O–H groups in total. The van der Waals surface area contributed by atoms with E-state index in [0.717, 1.165) is 25.8 Å². The minimum atomic E-state index is -3.60. The van der Waals surface area contributed by atoms with E-state index in [-0.39, 0.29) is 17.0 Å². The maximum absolute atomic E-state index is 12.7. The van der Waals surface area contributed by atoms with Crippen LogP contribution in [0.2, 0.25) is 0 Å². The van der Waals surface area contributed by atoms with Crippen molar-refractivity contribution in [2.24, 2.45) is 0 Å². The van der Waals surface area contributed by atoms with E-state index in [1.165, 1.54) is 4.31 Å². The molecule has 1 aromatic rings. The van der Waals surface area contributed by atoms with Gasteiger partial charge in [0.2, 0.25) is 0 Å². The molecule has 1 aromatic heterocycles. The molecule has 24 heavy (non-hydrogen) atoms. The lowest BCUT2D eigenvalue weighted by Crippen LogP contribution is -2.52. The zero-order valence-corrected chi connectivity index (χ0v) is 14.7. The molecule has 1 amide bonds. The van der Waals surface area contributed by atoms with Gasteiger partial charge in [0.1, 0.15) is 6.10 Å². The van der Waals surface area contributed by atoms with Crippen molar-refractivity contribution in [2.75, 3.05) is 32.8 Å². The Bertz CT molecular complexity index is 673. The van der Waals surface area contributed by atoms with E-state index in [9.17, 15) is 13.2 Å². The summed E-state index contributed by atoms with van der Waals surface area (Å²) >= 11 is 0. The standard InChI is InChI=1S/C15H24N4O4S/c1-2-5-17-11-14(16-12-17)24(21,22)19-8-6-18(7-9-19)15(20)13-4-3-10-23-13/h11-13H,2-10H2,1H3/t13-/m1/s1. The summed E-state index contributed by atoms with van der Waals surface area (Å²) in [5, 5.41) is 0.0786. The van der Waals surface area contributed by atoms with E-state index < -0.39 is 10.0 Å². The Labute approximate surface area is 142 Å². The molecule has 0 unspecified atom stereocenters. The highest BCUT2D eigenvalue weighted by Gasteiger charge is 2.34. The molecule has 0 saturated carbocycles. The van der Waals surface area contributed by atoms with Crippen LogP contribution in [0.3, 0.4) is 0 Å². The van der Waals surface area contributed by atoms with Crippen molar-refractivity contribution in [1.29, 1.82) is 0 Å². The second kappa shape index (κ2) is 7.20. The molecule has 0 radical (unpaired) electrons. The third-order valence-corrected chi connectivity index (χ3v) is 6.24. The van der Waals surface area contributed by atoms with Gasteiger partial charge in [0.05, 0.1) is 6.33 Å². The number of carbonyl (C=O) groups is 1. The number of nitrogens with zero attached hydrogens (tertiary/aromatic N) is 4. The number of imidazole rings is 1. The molecule has 3 rings (SSSR count).